The van der Waals surface area contributed by atoms with Crippen molar-refractivity contribution in [3.63, 3.8) is 0 Å². The number of fused-ring (bicyclic) bond motifs is 1. The molecule has 0 saturated carbocycles. The van der Waals surface area contributed by atoms with Gasteiger partial charge in [-0.1, -0.05) is 18.5 Å². The summed E-state index contributed by atoms with van der Waals surface area (Å²) in [6.45, 7) is 6.78. The number of anilines is 1. The summed E-state index contributed by atoms with van der Waals surface area (Å²) < 4.78 is 0. The molecule has 4 nitrogen and oxygen atoms in total. The van der Waals surface area contributed by atoms with Crippen molar-refractivity contribution < 1.29 is 4.79 Å². The summed E-state index contributed by atoms with van der Waals surface area (Å²) in [5.41, 5.74) is 2.58. The van der Waals surface area contributed by atoms with Crippen LogP contribution in [0.5, 0.6) is 0 Å². The van der Waals surface area contributed by atoms with Crippen molar-refractivity contribution in [1.82, 2.24) is 9.88 Å². The van der Waals surface area contributed by atoms with Gasteiger partial charge in [0.15, 0.2) is 0 Å². The van der Waals surface area contributed by atoms with Gasteiger partial charge in [0.05, 0.1) is 16.2 Å². The molecule has 0 aliphatic carbocycles. The van der Waals surface area contributed by atoms with E-state index in [9.17, 15) is 4.79 Å². The van der Waals surface area contributed by atoms with Gasteiger partial charge in [0, 0.05) is 25.1 Å². The molecule has 1 fully saturated rings. The van der Waals surface area contributed by atoms with Crippen LogP contribution in [0.15, 0.2) is 24.4 Å². The molecule has 1 aromatic heterocycles. The van der Waals surface area contributed by atoms with Gasteiger partial charge in [-0.15, -0.1) is 0 Å². The molecule has 3 rings (SSSR count). The van der Waals surface area contributed by atoms with E-state index in [0.29, 0.717) is 5.02 Å². The van der Waals surface area contributed by atoms with E-state index in [0.717, 1.165) is 47.7 Å². The highest BCUT2D eigenvalue weighted by Gasteiger charge is 2.19. The quantitative estimate of drug-likeness (QED) is 0.921. The van der Waals surface area contributed by atoms with Gasteiger partial charge < -0.3 is 5.32 Å². The first-order valence-electron chi connectivity index (χ1n) is 8.10. The van der Waals surface area contributed by atoms with Gasteiger partial charge in [0.1, 0.15) is 0 Å². The topological polar surface area (TPSA) is 45.2 Å². The lowest BCUT2D eigenvalue weighted by molar-refractivity contribution is -0.114. The summed E-state index contributed by atoms with van der Waals surface area (Å²) in [5.74, 6) is 0.704. The van der Waals surface area contributed by atoms with Crippen LogP contribution in [0, 0.1) is 5.92 Å². The fraction of sp³-hybridized carbons (Fsp3) is 0.444. The summed E-state index contributed by atoms with van der Waals surface area (Å²) in [7, 11) is 0. The van der Waals surface area contributed by atoms with Gasteiger partial charge in [-0.05, 0) is 55.6 Å². The molecule has 0 spiro atoms. The number of rotatable bonds is 3. The number of nitrogens with one attached hydrogen (secondary N) is 1. The van der Waals surface area contributed by atoms with E-state index in [4.69, 9.17) is 11.6 Å². The average molecular weight is 332 g/mol. The minimum atomic E-state index is -0.0900. The lowest BCUT2D eigenvalue weighted by atomic mass is 9.98. The Bertz CT molecular complexity index is 724. The second-order valence-corrected chi connectivity index (χ2v) is 6.84. The molecule has 0 bridgehead atoms. The fourth-order valence-electron chi connectivity index (χ4n) is 3.15. The molecule has 0 unspecified atom stereocenters. The maximum absolute atomic E-state index is 11.6. The highest BCUT2D eigenvalue weighted by Crippen LogP contribution is 2.33. The van der Waals surface area contributed by atoms with Crippen molar-refractivity contribution in [2.24, 2.45) is 5.92 Å². The molecule has 1 N–H and O–H groups in total. The van der Waals surface area contributed by atoms with Gasteiger partial charge in [-0.3, -0.25) is 14.7 Å². The van der Waals surface area contributed by atoms with Crippen LogP contribution in [0.25, 0.3) is 10.9 Å². The first-order valence-corrected chi connectivity index (χ1v) is 8.48. The van der Waals surface area contributed by atoms with Crippen LogP contribution in [0.1, 0.15) is 32.3 Å². The summed E-state index contributed by atoms with van der Waals surface area (Å²) in [4.78, 5) is 18.5. The summed E-state index contributed by atoms with van der Waals surface area (Å²) in [6.07, 6.45) is 4.17. The zero-order valence-corrected chi connectivity index (χ0v) is 14.4. The van der Waals surface area contributed by atoms with Crippen molar-refractivity contribution >= 4 is 34.1 Å². The maximum atomic E-state index is 11.6. The Kier molecular flexibility index (Phi) is 4.83. The molecule has 2 heterocycles. The molecule has 0 atom stereocenters. The number of hydrogen-bond donors (Lipinski definition) is 1. The zero-order valence-electron chi connectivity index (χ0n) is 13.6. The number of hydrogen-bond acceptors (Lipinski definition) is 3. The van der Waals surface area contributed by atoms with Gasteiger partial charge >= 0.3 is 0 Å². The first-order chi connectivity index (χ1) is 11.0. The number of likely N-dealkylation sites (tertiary alicyclic amines) is 1. The average Bonchev–Trinajstić information content (AvgIpc) is 2.53. The SMILES string of the molecule is CC(=O)Nc1c(CN2CCC(C)CC2)cc(Cl)c2cccnc12. The van der Waals surface area contributed by atoms with Crippen molar-refractivity contribution in [1.29, 1.82) is 0 Å². The third kappa shape index (κ3) is 3.65. The van der Waals surface area contributed by atoms with Crippen LogP contribution in [0.2, 0.25) is 5.02 Å². The molecule has 5 heteroatoms. The van der Waals surface area contributed by atoms with Gasteiger partial charge in [0.25, 0.3) is 0 Å². The molecule has 1 aliphatic rings. The maximum Gasteiger partial charge on any atom is 0.221 e. The normalized spacial score (nSPS) is 16.7. The lowest BCUT2D eigenvalue weighted by Gasteiger charge is -2.31. The predicted molar refractivity (Wildman–Crippen MR) is 94.7 cm³/mol. The van der Waals surface area contributed by atoms with E-state index < -0.39 is 0 Å². The van der Waals surface area contributed by atoms with E-state index in [1.807, 2.05) is 18.2 Å². The van der Waals surface area contributed by atoms with Crippen LogP contribution < -0.4 is 5.32 Å². The molecule has 1 saturated heterocycles. The van der Waals surface area contributed by atoms with E-state index in [-0.39, 0.29) is 5.91 Å². The smallest absolute Gasteiger partial charge is 0.221 e. The molecule has 1 aliphatic heterocycles. The number of aromatic nitrogens is 1. The number of carbonyl (C=O) groups excluding carboxylic acids is 1. The van der Waals surface area contributed by atoms with E-state index in [1.54, 1.807) is 6.20 Å². The monoisotopic (exact) mass is 331 g/mol. The van der Waals surface area contributed by atoms with Crippen LogP contribution >= 0.6 is 11.6 Å². The highest BCUT2D eigenvalue weighted by molar-refractivity contribution is 6.36. The predicted octanol–water partition coefficient (Wildman–Crippen LogP) is 4.08. The zero-order chi connectivity index (χ0) is 16.4. The Hall–Kier alpha value is -1.65. The Labute approximate surface area is 141 Å². The largest absolute Gasteiger partial charge is 0.324 e. The van der Waals surface area contributed by atoms with Crippen molar-refractivity contribution in [3.8, 4) is 0 Å². The number of piperidine rings is 1. The Morgan fingerprint density at radius 1 is 1.43 bits per heavy atom. The van der Waals surface area contributed by atoms with Crippen molar-refractivity contribution in [2.45, 2.75) is 33.2 Å². The summed E-state index contributed by atoms with van der Waals surface area (Å²) in [5, 5.41) is 4.51. The van der Waals surface area contributed by atoms with Crippen LogP contribution in [-0.2, 0) is 11.3 Å². The second-order valence-electron chi connectivity index (χ2n) is 6.43. The third-order valence-electron chi connectivity index (χ3n) is 4.50. The minimum Gasteiger partial charge on any atom is -0.324 e. The summed E-state index contributed by atoms with van der Waals surface area (Å²) in [6, 6.07) is 5.76. The standard InChI is InChI=1S/C18H22ClN3O/c1-12-5-8-22(9-6-12)11-14-10-16(19)15-4-3-7-20-18(15)17(14)21-13(2)23/h3-4,7,10,12H,5-6,8-9,11H2,1-2H3,(H,21,23). The van der Waals surface area contributed by atoms with Gasteiger partial charge in [0.2, 0.25) is 5.91 Å². The fourth-order valence-corrected chi connectivity index (χ4v) is 3.44. The molecular formula is C18H22ClN3O. The Morgan fingerprint density at radius 3 is 2.87 bits per heavy atom. The van der Waals surface area contributed by atoms with Crippen molar-refractivity contribution in [2.75, 3.05) is 18.4 Å². The number of carbonyl (C=O) groups is 1. The molecule has 0 radical (unpaired) electrons. The lowest BCUT2D eigenvalue weighted by Crippen LogP contribution is -2.32. The van der Waals surface area contributed by atoms with Crippen LogP contribution in [0.3, 0.4) is 0 Å². The molecule has 1 amide bonds. The van der Waals surface area contributed by atoms with E-state index >= 15 is 0 Å². The molecule has 23 heavy (non-hydrogen) atoms. The minimum absolute atomic E-state index is 0.0900. The Morgan fingerprint density at radius 2 is 2.17 bits per heavy atom. The third-order valence-corrected chi connectivity index (χ3v) is 4.81. The number of nitrogens with zero attached hydrogens (tertiary/aromatic N) is 2. The van der Waals surface area contributed by atoms with Crippen molar-refractivity contribution in [3.05, 3.63) is 35.0 Å². The molecular weight excluding hydrogens is 310 g/mol. The van der Waals surface area contributed by atoms with Gasteiger partial charge in [-0.2, -0.15) is 0 Å². The number of amides is 1. The van der Waals surface area contributed by atoms with Crippen LogP contribution in [-0.4, -0.2) is 28.9 Å². The number of benzene rings is 1. The summed E-state index contributed by atoms with van der Waals surface area (Å²) >= 11 is 6.44. The van der Waals surface area contributed by atoms with E-state index in [2.05, 4.69) is 22.1 Å². The molecule has 2 aromatic rings. The second kappa shape index (κ2) is 6.85. The molecule has 122 valence electrons. The Balaban J connectivity index is 1.99. The van der Waals surface area contributed by atoms with E-state index in [1.165, 1.54) is 19.8 Å². The highest BCUT2D eigenvalue weighted by atomic mass is 35.5. The first kappa shape index (κ1) is 16.2. The van der Waals surface area contributed by atoms with Crippen LogP contribution in [0.4, 0.5) is 5.69 Å². The van der Waals surface area contributed by atoms with Gasteiger partial charge in [-0.25, -0.2) is 0 Å². The molecule has 1 aromatic carbocycles. The number of pyridine rings is 1. The number of halogens is 1.